The Hall–Kier alpha value is -6.74. The smallest absolute Gasteiger partial charge is 0.186 e. The molecule has 0 aliphatic carbocycles. The minimum Gasteiger partial charge on any atom is -0.496 e. The van der Waals surface area contributed by atoms with Crippen LogP contribution in [0, 0.1) is 27.7 Å². The van der Waals surface area contributed by atoms with E-state index in [0.29, 0.717) is 43.5 Å². The van der Waals surface area contributed by atoms with Crippen LogP contribution < -0.4 is 30.0 Å². The SMILES string of the molecule is CCO.CCSc1cc2c(Cl)ccnc2cc1OC.COc1cc2nccc(Cl)c2cc1Br.COc1cc2nccc(Cl)c2cc1S(=O)(=O)C(C)(C)C.COc1cc2nccc(Nc3n[nH]c(C)c3C)c2cc1S(=O)(=O)C(C)(C)C.Cc1[nH]nc(N)c1C.O. The molecule has 89 heavy (non-hydrogen) atoms. The van der Waals surface area contributed by atoms with E-state index in [-0.39, 0.29) is 33.4 Å². The summed E-state index contributed by atoms with van der Waals surface area (Å²) < 4.78 is 71.5. The van der Waals surface area contributed by atoms with E-state index >= 15 is 0 Å². The monoisotopic (exact) mass is 1400 g/mol. The number of H-pyrrole nitrogens is 2. The van der Waals surface area contributed by atoms with Gasteiger partial charge < -0.3 is 40.6 Å². The maximum Gasteiger partial charge on any atom is 0.186 e. The number of nitrogens with zero attached hydrogens (tertiary/aromatic N) is 6. The molecule has 27 heteroatoms. The number of benzene rings is 4. The van der Waals surface area contributed by atoms with Crippen molar-refractivity contribution in [2.45, 2.75) is 107 Å². The van der Waals surface area contributed by atoms with Gasteiger partial charge in [0.15, 0.2) is 25.5 Å². The Bertz CT molecular complexity index is 4280. The second kappa shape index (κ2) is 32.3. The van der Waals surface area contributed by atoms with Gasteiger partial charge in [-0.2, -0.15) is 10.2 Å². The van der Waals surface area contributed by atoms with E-state index in [1.54, 1.807) is 142 Å². The number of aryl methyl sites for hydroxylation is 2. The zero-order valence-corrected chi connectivity index (χ0v) is 58.7. The van der Waals surface area contributed by atoms with E-state index in [1.807, 2.05) is 52.0 Å². The van der Waals surface area contributed by atoms with Crippen LogP contribution in [0.3, 0.4) is 0 Å². The summed E-state index contributed by atoms with van der Waals surface area (Å²) in [6.45, 7) is 21.8. The van der Waals surface area contributed by atoms with E-state index < -0.39 is 29.2 Å². The Balaban J connectivity index is 0.000000244. The molecule has 0 radical (unpaired) electrons. The van der Waals surface area contributed by atoms with Crippen molar-refractivity contribution in [2.24, 2.45) is 0 Å². The van der Waals surface area contributed by atoms with Crippen molar-refractivity contribution in [2.75, 3.05) is 51.8 Å². The first-order chi connectivity index (χ1) is 41.3. The average molecular weight is 1400 g/mol. The minimum atomic E-state index is -3.61. The molecule has 4 aromatic carbocycles. The van der Waals surface area contributed by atoms with Gasteiger partial charge in [0.1, 0.15) is 38.6 Å². The lowest BCUT2D eigenvalue weighted by Gasteiger charge is -2.21. The number of nitrogens with one attached hydrogen (secondary N) is 3. The molecule has 10 aromatic rings. The van der Waals surface area contributed by atoms with Gasteiger partial charge in [-0.1, -0.05) is 41.7 Å². The van der Waals surface area contributed by atoms with Crippen molar-refractivity contribution in [1.82, 2.24) is 40.3 Å². The molecule has 0 aliphatic rings. The number of thioether (sulfide) groups is 1. The fraction of sp³-hybridized carbons (Fsp3) is 0.323. The molecule has 6 heterocycles. The summed E-state index contributed by atoms with van der Waals surface area (Å²) >= 11 is 23.4. The summed E-state index contributed by atoms with van der Waals surface area (Å²) in [6.07, 6.45) is 6.62. The Kier molecular flexibility index (Phi) is 27.1. The van der Waals surface area contributed by atoms with Crippen LogP contribution in [-0.4, -0.2) is 118 Å². The van der Waals surface area contributed by atoms with Gasteiger partial charge in [0, 0.05) is 99.7 Å². The molecule has 0 fully saturated rings. The Morgan fingerprint density at radius 2 is 0.944 bits per heavy atom. The third-order valence-corrected chi connectivity index (χ3v) is 20.8. The number of aromatic amines is 2. The summed E-state index contributed by atoms with van der Waals surface area (Å²) in [5.41, 5.74) is 13.1. The number of aromatic nitrogens is 8. The van der Waals surface area contributed by atoms with Gasteiger partial charge in [0.2, 0.25) is 0 Å². The number of sulfone groups is 2. The fourth-order valence-corrected chi connectivity index (χ4v) is 12.4. The highest BCUT2D eigenvalue weighted by molar-refractivity contribution is 9.10. The number of pyridine rings is 4. The molecule has 10 rings (SSSR count). The van der Waals surface area contributed by atoms with Gasteiger partial charge in [-0.25, -0.2) is 16.8 Å². The third kappa shape index (κ3) is 18.0. The lowest BCUT2D eigenvalue weighted by atomic mass is 10.1. The average Bonchev–Trinajstić information content (AvgIpc) is 1.53. The number of rotatable bonds is 10. The topological polar surface area (TPSA) is 304 Å². The lowest BCUT2D eigenvalue weighted by molar-refractivity contribution is 0.318. The molecule has 0 unspecified atom stereocenters. The first kappa shape index (κ1) is 74.7. The number of fused-ring (bicyclic) bond motifs is 4. The summed E-state index contributed by atoms with van der Waals surface area (Å²) in [4.78, 5) is 18.4. The van der Waals surface area contributed by atoms with Crippen molar-refractivity contribution in [3.8, 4) is 23.0 Å². The normalized spacial score (nSPS) is 11.2. The fourth-order valence-electron chi connectivity index (χ4n) is 7.84. The van der Waals surface area contributed by atoms with E-state index in [0.717, 1.165) is 81.7 Å². The molecule has 0 saturated heterocycles. The number of aliphatic hydroxyl groups excluding tert-OH is 1. The highest BCUT2D eigenvalue weighted by Gasteiger charge is 2.35. The van der Waals surface area contributed by atoms with Gasteiger partial charge >= 0.3 is 0 Å². The van der Waals surface area contributed by atoms with Crippen LogP contribution in [0.2, 0.25) is 15.1 Å². The summed E-state index contributed by atoms with van der Waals surface area (Å²) in [7, 11) is -0.955. The number of nitrogens with two attached hydrogens (primary N) is 1. The predicted molar refractivity (Wildman–Crippen MR) is 366 cm³/mol. The van der Waals surface area contributed by atoms with Crippen LogP contribution >= 0.6 is 62.5 Å². The second-order valence-corrected chi connectivity index (χ2v) is 29.8. The number of aliphatic hydroxyl groups is 1. The third-order valence-electron chi connectivity index (χ3n) is 13.2. The van der Waals surface area contributed by atoms with Gasteiger partial charge in [-0.3, -0.25) is 30.1 Å². The Labute approximate surface area is 547 Å². The molecule has 0 bridgehead atoms. The first-order valence-electron chi connectivity index (χ1n) is 27.1. The van der Waals surface area contributed by atoms with Crippen LogP contribution in [0.4, 0.5) is 17.3 Å². The van der Waals surface area contributed by atoms with Crippen LogP contribution in [-0.2, 0) is 19.7 Å². The van der Waals surface area contributed by atoms with E-state index in [9.17, 15) is 16.8 Å². The standard InChI is InChI=1S/C19H24N4O3S.C14H16ClNO3S.C12H12ClNOS.C10H7BrClNO.C5H9N3.C2H6O.H2O/c1-11-12(2)22-23-18(11)21-14-7-8-20-15-10-16(26-6)17(9-13(14)15)27(24,25)19(3,4)5;1-14(2,3)20(17,18)13-7-9-10(15)5-6-16-11(9)8-12(13)19-4;1-3-16-12-6-8-9(13)4-5-14-10(8)7-11(12)15-2;1-14-10-5-9-6(4-7(10)11)8(12)2-3-13-9;1-3-4(2)7-8-5(3)6;1-2-3;/h7-10H,1-6H3,(H2,20,21,22,23);5-8H,1-4H3;4-7H,3H2,1-2H3;2-5H,1H3;1-2H3,(H3,6,7,8);3H,2H2,1H3;1H2. The zero-order chi connectivity index (χ0) is 65.6. The number of methoxy groups -OCH3 is 4. The predicted octanol–water partition coefficient (Wildman–Crippen LogP) is 14.8. The number of hydrogen-bond acceptors (Lipinski definition) is 18. The van der Waals surface area contributed by atoms with Gasteiger partial charge in [-0.15, -0.1) is 11.8 Å². The number of nitrogen functional groups attached to an aromatic ring is 1. The second-order valence-electron chi connectivity index (χ2n) is 21.1. The quantitative estimate of drug-likeness (QED) is 0.0795. The summed E-state index contributed by atoms with van der Waals surface area (Å²) in [5, 5.41) is 29.6. The van der Waals surface area contributed by atoms with E-state index in [2.05, 4.69) is 68.5 Å². The summed E-state index contributed by atoms with van der Waals surface area (Å²) in [5.74, 6) is 4.47. The van der Waals surface area contributed by atoms with Crippen LogP contribution in [0.5, 0.6) is 23.0 Å². The molecule has 6 aromatic heterocycles. The molecule has 0 atom stereocenters. The zero-order valence-electron chi connectivity index (χ0n) is 52.4. The van der Waals surface area contributed by atoms with E-state index in [1.165, 1.54) is 20.3 Å². The minimum absolute atomic E-state index is 0. The highest BCUT2D eigenvalue weighted by atomic mass is 79.9. The molecule has 0 spiro atoms. The number of halogens is 4. The van der Waals surface area contributed by atoms with Crippen molar-refractivity contribution in [1.29, 1.82) is 0 Å². The van der Waals surface area contributed by atoms with Crippen molar-refractivity contribution in [3.63, 3.8) is 0 Å². The number of anilines is 3. The molecular weight excluding hydrogens is 1330 g/mol. The maximum atomic E-state index is 13.1. The van der Waals surface area contributed by atoms with Crippen molar-refractivity contribution in [3.05, 3.63) is 140 Å². The van der Waals surface area contributed by atoms with Crippen molar-refractivity contribution >= 4 is 143 Å². The Morgan fingerprint density at radius 3 is 1.31 bits per heavy atom. The van der Waals surface area contributed by atoms with Crippen molar-refractivity contribution < 1.29 is 46.4 Å². The molecule has 0 amide bonds. The molecule has 8 N–H and O–H groups in total. The molecular formula is C62H76BrCl3N10O10S3. The Morgan fingerprint density at radius 1 is 0.573 bits per heavy atom. The van der Waals surface area contributed by atoms with Crippen LogP contribution in [0.1, 0.15) is 77.9 Å². The number of hydrogen-bond donors (Lipinski definition) is 5. The lowest BCUT2D eigenvalue weighted by Crippen LogP contribution is -2.28. The maximum absolute atomic E-state index is 13.1. The summed E-state index contributed by atoms with van der Waals surface area (Å²) in [6, 6.07) is 21.1. The largest absolute Gasteiger partial charge is 0.496 e. The molecule has 480 valence electrons. The van der Waals surface area contributed by atoms with Crippen LogP contribution in [0.25, 0.3) is 43.6 Å². The van der Waals surface area contributed by atoms with E-state index in [4.69, 9.17) is 64.6 Å². The van der Waals surface area contributed by atoms with Crippen LogP contribution in [0.15, 0.2) is 117 Å². The molecule has 0 aliphatic heterocycles. The molecule has 20 nitrogen and oxygen atoms in total. The van der Waals surface area contributed by atoms with Gasteiger partial charge in [0.05, 0.1) is 90.1 Å². The highest BCUT2D eigenvalue weighted by Crippen LogP contribution is 2.40. The first-order valence-corrected chi connectivity index (χ1v) is 33.0. The molecule has 0 saturated carbocycles. The number of ether oxygens (including phenoxy) is 4. The van der Waals surface area contributed by atoms with Gasteiger partial charge in [0.25, 0.3) is 0 Å². The van der Waals surface area contributed by atoms with Gasteiger partial charge in [-0.05, 0) is 146 Å².